The van der Waals surface area contributed by atoms with Crippen molar-refractivity contribution in [3.8, 4) is 0 Å². The van der Waals surface area contributed by atoms with E-state index in [1.165, 1.54) is 45.3 Å². The summed E-state index contributed by atoms with van der Waals surface area (Å²) in [6.45, 7) is 59.7. The summed E-state index contributed by atoms with van der Waals surface area (Å²) in [6.07, 6.45) is 4.72. The smallest absolute Gasteiger partial charge is 0.214 e. The Morgan fingerprint density at radius 2 is 0.811 bits per heavy atom. The molecular weight excluding hydrogens is 1430 g/mol. The van der Waals surface area contributed by atoms with E-state index < -0.39 is 72.2 Å². The van der Waals surface area contributed by atoms with Crippen LogP contribution in [0.1, 0.15) is 151 Å². The van der Waals surface area contributed by atoms with E-state index in [0.717, 1.165) is 52.1 Å². The van der Waals surface area contributed by atoms with E-state index in [1.54, 1.807) is 43.6 Å². The molecule has 3 aromatic carbocycles. The number of nitrogens with one attached hydrogen (secondary N) is 7. The second-order valence-electron chi connectivity index (χ2n) is 33.4. The lowest BCUT2D eigenvalue weighted by atomic mass is 9.92. The number of pyridine rings is 6. The molecular formula is C81H227F4N15Si6. The lowest BCUT2D eigenvalue weighted by Gasteiger charge is -2.22. The third kappa shape index (κ3) is 36.0. The van der Waals surface area contributed by atoms with Crippen molar-refractivity contribution in [1.29, 1.82) is 0 Å². The van der Waals surface area contributed by atoms with E-state index in [0.29, 0.717) is 29.6 Å². The van der Waals surface area contributed by atoms with Gasteiger partial charge in [-0.2, -0.15) is 0 Å². The third-order valence-corrected chi connectivity index (χ3v) is 22.0. The molecule has 7 aromatic heterocycles. The minimum absolute atomic E-state index is 0. The fourth-order valence-electron chi connectivity index (χ4n) is 9.49. The number of para-hydroxylation sites is 1. The standard InChI is InChI=1S/C17H24N2Si.C14H18N2Si.C12H9F3N2.C12H22N2Si.C11H20N2Si.C8H13FN2Si.C7H13N3Si.54H2/c1-12-10-13(2)17(14(3)11-12)19-15-8-7-9-16(18-15)20(4,5)6;1-17(2,3)14-11-7-10-13(16-14)15-12-8-5-4-6-9-12;1-7-3-2-4-11(16-7)17-12-9(14)5-8(13)6-10(12)15;1-12(2,3)10-8-7-9-11(13-10)14-15(4,5)6;1-9(2)10-7-6-8-11(12-10)13-14(3,4)5;1-12(2,3)11-8-5-4-7(9)6-10-8;1-11(2,3)10-7-8-5-4-6-9-7;;;;;;;;;;;;;;;;;;;;;;;;;;;;;;;;;;;;;;;;;;;;;;;;;;;;;;/h7-11H,1-6H3,(H,18,19);4-11H,1-3H3,(H,15,16);2-6H,1H3,(H,16,17);7-9H,1-6H3,(H,13,14);6-9H,1-5H3,(H,12,13);4-6H,1-3H3,(H,10,11);4-6H,1-3H3,(H,8,9,10);54*1H. The number of rotatable bonds is 17. The summed E-state index contributed by atoms with van der Waals surface area (Å²) in [7, 11) is -7.89. The average molecular weight is 1660 g/mol. The summed E-state index contributed by atoms with van der Waals surface area (Å²) < 4.78 is 51.8. The summed E-state index contributed by atoms with van der Waals surface area (Å²) >= 11 is 0. The molecule has 0 unspecified atom stereocenters. The molecule has 0 atom stereocenters. The lowest BCUT2D eigenvalue weighted by molar-refractivity contribution is 0.548. The Morgan fingerprint density at radius 3 is 1.26 bits per heavy atom. The van der Waals surface area contributed by atoms with Crippen LogP contribution in [0.15, 0.2) is 182 Å². The molecule has 678 valence electrons. The van der Waals surface area contributed by atoms with Crippen LogP contribution in [0.5, 0.6) is 0 Å². The minimum atomic E-state index is -1.37. The first-order valence-electron chi connectivity index (χ1n) is 35.9. The van der Waals surface area contributed by atoms with E-state index in [1.807, 2.05) is 60.7 Å². The number of halogens is 4. The summed E-state index contributed by atoms with van der Waals surface area (Å²) in [5.74, 6) is 2.97. The summed E-state index contributed by atoms with van der Waals surface area (Å²) in [6, 6.07) is 50.6. The number of aryl methyl sites for hydroxylation is 4. The van der Waals surface area contributed by atoms with Crippen molar-refractivity contribution >= 4 is 118 Å². The third-order valence-electron chi connectivity index (χ3n) is 14.3. The molecule has 10 aromatic rings. The van der Waals surface area contributed by atoms with Crippen molar-refractivity contribution in [2.45, 2.75) is 191 Å². The van der Waals surface area contributed by atoms with Gasteiger partial charge in [-0.25, -0.2) is 57.4 Å². The van der Waals surface area contributed by atoms with Crippen LogP contribution in [0.2, 0.25) is 118 Å². The van der Waals surface area contributed by atoms with Gasteiger partial charge in [0.15, 0.2) is 11.6 Å². The quantitative estimate of drug-likeness (QED) is 0.0337. The van der Waals surface area contributed by atoms with Crippen molar-refractivity contribution in [2.24, 2.45) is 0 Å². The molecule has 10 rings (SSSR count). The topological polar surface area (TPSA) is 187 Å². The van der Waals surface area contributed by atoms with Crippen molar-refractivity contribution in [1.82, 2.24) is 39.9 Å². The highest BCUT2D eigenvalue weighted by atomic mass is 28.3. The van der Waals surface area contributed by atoms with E-state index in [9.17, 15) is 17.6 Å². The lowest BCUT2D eigenvalue weighted by Crippen LogP contribution is -2.40. The largest absolute Gasteiger partial charge is 0.396 e. The van der Waals surface area contributed by atoms with Crippen LogP contribution in [0.25, 0.3) is 0 Å². The van der Waals surface area contributed by atoms with Gasteiger partial charge in [0, 0.05) is 146 Å². The first-order valence-corrected chi connectivity index (χ1v) is 56.9. The first kappa shape index (κ1) is 89.7. The van der Waals surface area contributed by atoms with Gasteiger partial charge in [-0.1, -0.05) is 219 Å². The predicted octanol–water partition coefficient (Wildman–Crippen LogP) is 35.8. The molecule has 25 heteroatoms. The van der Waals surface area contributed by atoms with Crippen LogP contribution in [0.4, 0.5) is 75.5 Å². The highest BCUT2D eigenvalue weighted by Crippen LogP contribution is 2.27. The summed E-state index contributed by atoms with van der Waals surface area (Å²) in [4.78, 5) is 48.4. The average Bonchev–Trinajstić information content (AvgIpc) is 0.827. The van der Waals surface area contributed by atoms with Crippen LogP contribution in [-0.2, 0) is 5.41 Å². The molecule has 0 spiro atoms. The maximum absolute atomic E-state index is 13.3. The molecule has 0 saturated heterocycles. The highest BCUT2D eigenvalue weighted by molar-refractivity contribution is 6.88. The van der Waals surface area contributed by atoms with Gasteiger partial charge >= 0.3 is 0 Å². The van der Waals surface area contributed by atoms with Gasteiger partial charge in [-0.05, 0) is 136 Å². The Balaban J connectivity index is -0.0000000168. The number of hydrogen-bond donors (Lipinski definition) is 7. The van der Waals surface area contributed by atoms with Gasteiger partial charge in [-0.15, -0.1) is 0 Å². The Bertz CT molecular complexity index is 4410. The molecule has 106 heavy (non-hydrogen) atoms. The van der Waals surface area contributed by atoms with Crippen molar-refractivity contribution in [3.63, 3.8) is 0 Å². The summed E-state index contributed by atoms with van der Waals surface area (Å²) in [5.41, 5.74) is 8.81. The Kier molecular flexibility index (Phi) is 34.1. The zero-order chi connectivity index (χ0) is 79.6. The van der Waals surface area contributed by atoms with E-state index in [4.69, 9.17) is 4.98 Å². The first-order chi connectivity index (χ1) is 49.0. The monoisotopic (exact) mass is 1650 g/mol. The number of aromatic nitrogens is 8. The Hall–Kier alpha value is -8.74. The highest BCUT2D eigenvalue weighted by Gasteiger charge is 2.22. The molecule has 7 heterocycles. The van der Waals surface area contributed by atoms with E-state index in [2.05, 4.69) is 305 Å². The van der Waals surface area contributed by atoms with Gasteiger partial charge in [0.05, 0.1) is 6.20 Å². The van der Waals surface area contributed by atoms with E-state index >= 15 is 0 Å². The molecule has 15 nitrogen and oxygen atoms in total. The fourth-order valence-corrected chi connectivity index (χ4v) is 15.1. The van der Waals surface area contributed by atoms with Gasteiger partial charge in [-0.3, -0.25) is 0 Å². The van der Waals surface area contributed by atoms with E-state index in [-0.39, 0.29) is 88.3 Å². The van der Waals surface area contributed by atoms with Crippen molar-refractivity contribution < 1.29 is 94.6 Å². The van der Waals surface area contributed by atoms with Crippen LogP contribution >= 0.6 is 0 Å². The number of anilines is 10. The van der Waals surface area contributed by atoms with Crippen LogP contribution < -0.4 is 46.5 Å². The van der Waals surface area contributed by atoms with Crippen LogP contribution in [0.3, 0.4) is 0 Å². The van der Waals surface area contributed by atoms with Crippen molar-refractivity contribution in [2.75, 3.05) is 35.9 Å². The molecule has 0 fully saturated rings. The molecule has 7 N–H and O–H groups in total. The molecule has 0 aliphatic heterocycles. The van der Waals surface area contributed by atoms with Crippen LogP contribution in [0, 0.1) is 51.0 Å². The SMILES string of the molecule is CC(C)(C)c1cccc(N[Si](C)(C)C)n1.CC(C)c1cccc(N[Si](C)(C)C)n1.C[Si](C)(C)Nc1ccc(F)cn1.C[Si](C)(C)Nc1ncccn1.C[Si](C)(C)c1cccc(Nc2ccccc2)n1.Cc1cc(C)c(Nc2cccc([Si](C)(C)C)n2)c(C)c1.Cc1cccc(Nc2c(F)cc(F)cc2F)n1.[HH].[HH].[HH].[HH].[HH].[HH].[HH].[HH].[HH].[HH].[HH].[HH].[HH].[HH].[HH].[HH].[HH].[HH].[HH].[HH].[HH].[HH].[HH].[HH].[HH].[HH].[HH].[HH].[HH].[HH].[HH].[HH].[HH].[HH].[HH].[HH].[HH].[HH].[HH].[HH].[HH].[HH].[HH].[HH].[HH].[HH].[HH].[HH].[HH].[HH].[HH].[HH].[HH].[HH]. The van der Waals surface area contributed by atoms with Gasteiger partial charge in [0.25, 0.3) is 0 Å². The molecule has 0 aliphatic rings. The molecule has 0 saturated carbocycles. The zero-order valence-electron chi connectivity index (χ0n) is 68.0. The second-order valence-corrected chi connectivity index (χ2v) is 62.5. The van der Waals surface area contributed by atoms with Crippen molar-refractivity contribution in [3.05, 3.63) is 239 Å². The van der Waals surface area contributed by atoms with Crippen LogP contribution in [-0.4, -0.2) is 89.0 Å². The molecule has 0 bridgehead atoms. The molecule has 0 radical (unpaired) electrons. The normalized spacial score (nSPS) is 11.4. The fraction of sp³-hybridized carbons (Fsp3) is 0.358. The second kappa shape index (κ2) is 40.3. The maximum atomic E-state index is 13.3. The maximum Gasteiger partial charge on any atom is 0.214 e. The number of benzene rings is 3. The van der Waals surface area contributed by atoms with Gasteiger partial charge < -0.3 is 35.9 Å². The number of hydrogen-bond acceptors (Lipinski definition) is 15. The Labute approximate surface area is 718 Å². The molecule has 0 aliphatic carbocycles. The predicted molar refractivity (Wildman–Crippen MR) is 576 cm³/mol. The number of nitrogens with zero attached hydrogens (tertiary/aromatic N) is 8. The minimum Gasteiger partial charge on any atom is -0.396 e. The molecule has 0 amide bonds. The van der Waals surface area contributed by atoms with Gasteiger partial charge in [0.1, 0.15) is 101 Å². The van der Waals surface area contributed by atoms with Gasteiger partial charge in [0.2, 0.25) is 5.95 Å². The summed E-state index contributed by atoms with van der Waals surface area (Å²) in [5, 5.41) is 11.8. The zero-order valence-corrected chi connectivity index (χ0v) is 74.0. The Morgan fingerprint density at radius 1 is 0.377 bits per heavy atom.